The van der Waals surface area contributed by atoms with Crippen LogP contribution in [0.3, 0.4) is 0 Å². The first-order valence-electron chi connectivity index (χ1n) is 5.17. The fourth-order valence-corrected chi connectivity index (χ4v) is 2.22. The zero-order chi connectivity index (χ0) is 13.6. The molecule has 96 valence electrons. The average Bonchev–Trinajstić information content (AvgIpc) is 2.92. The van der Waals surface area contributed by atoms with Crippen LogP contribution in [0.5, 0.6) is 0 Å². The number of halogens is 2. The SMILES string of the molecule is O=C(O)c1cnn(-c2nc3c(Cl)cc(Cl)cc3[nH]2)c1. The lowest BCUT2D eigenvalue weighted by Crippen LogP contribution is -1.97. The van der Waals surface area contributed by atoms with Crippen molar-refractivity contribution in [1.29, 1.82) is 0 Å². The van der Waals surface area contributed by atoms with Crippen molar-refractivity contribution in [3.8, 4) is 5.95 Å². The van der Waals surface area contributed by atoms with Crippen LogP contribution in [0.1, 0.15) is 10.4 Å². The van der Waals surface area contributed by atoms with E-state index in [0.29, 0.717) is 27.0 Å². The minimum atomic E-state index is -1.05. The molecule has 0 saturated carbocycles. The van der Waals surface area contributed by atoms with E-state index >= 15 is 0 Å². The molecule has 3 rings (SSSR count). The highest BCUT2D eigenvalue weighted by Gasteiger charge is 2.12. The van der Waals surface area contributed by atoms with Gasteiger partial charge in [-0.15, -0.1) is 0 Å². The molecule has 0 unspecified atom stereocenters. The van der Waals surface area contributed by atoms with Crippen LogP contribution in [0.2, 0.25) is 10.0 Å². The molecule has 0 radical (unpaired) electrons. The third-order valence-electron chi connectivity index (χ3n) is 2.54. The summed E-state index contributed by atoms with van der Waals surface area (Å²) < 4.78 is 1.33. The molecular weight excluding hydrogens is 291 g/mol. The van der Waals surface area contributed by atoms with Gasteiger partial charge in [-0.05, 0) is 12.1 Å². The summed E-state index contributed by atoms with van der Waals surface area (Å²) in [5.41, 5.74) is 1.28. The summed E-state index contributed by atoms with van der Waals surface area (Å²) >= 11 is 11.9. The minimum absolute atomic E-state index is 0.0737. The second-order valence-electron chi connectivity index (χ2n) is 3.82. The monoisotopic (exact) mass is 296 g/mol. The standard InChI is InChI=1S/C11H6Cl2N4O2/c12-6-1-7(13)9-8(2-6)15-11(16-9)17-4-5(3-14-17)10(18)19/h1-4H,(H,15,16)(H,18,19). The fraction of sp³-hybridized carbons (Fsp3) is 0. The Balaban J connectivity index is 2.14. The molecule has 19 heavy (non-hydrogen) atoms. The predicted molar refractivity (Wildman–Crippen MR) is 70.2 cm³/mol. The Morgan fingerprint density at radius 2 is 2.16 bits per heavy atom. The number of benzene rings is 1. The second kappa shape index (κ2) is 4.25. The highest BCUT2D eigenvalue weighted by molar-refractivity contribution is 6.38. The number of fused-ring (bicyclic) bond motifs is 1. The van der Waals surface area contributed by atoms with Crippen molar-refractivity contribution < 1.29 is 9.90 Å². The van der Waals surface area contributed by atoms with Gasteiger partial charge in [0.1, 0.15) is 5.52 Å². The van der Waals surface area contributed by atoms with Crippen molar-refractivity contribution in [3.63, 3.8) is 0 Å². The molecule has 2 aromatic heterocycles. The topological polar surface area (TPSA) is 83.8 Å². The van der Waals surface area contributed by atoms with E-state index in [-0.39, 0.29) is 5.56 Å². The molecule has 0 spiro atoms. The van der Waals surface area contributed by atoms with Crippen LogP contribution in [-0.4, -0.2) is 30.8 Å². The molecular formula is C11H6Cl2N4O2. The number of hydrogen-bond donors (Lipinski definition) is 2. The lowest BCUT2D eigenvalue weighted by Gasteiger charge is -1.92. The van der Waals surface area contributed by atoms with Gasteiger partial charge in [-0.1, -0.05) is 23.2 Å². The lowest BCUT2D eigenvalue weighted by atomic mass is 10.3. The van der Waals surface area contributed by atoms with Gasteiger partial charge in [0, 0.05) is 11.2 Å². The van der Waals surface area contributed by atoms with Crippen molar-refractivity contribution in [2.24, 2.45) is 0 Å². The third-order valence-corrected chi connectivity index (χ3v) is 3.05. The maximum Gasteiger partial charge on any atom is 0.338 e. The number of aromatic nitrogens is 4. The van der Waals surface area contributed by atoms with E-state index in [2.05, 4.69) is 15.1 Å². The molecule has 6 nitrogen and oxygen atoms in total. The molecule has 3 aromatic rings. The Morgan fingerprint density at radius 1 is 1.37 bits per heavy atom. The molecule has 0 aliphatic carbocycles. The largest absolute Gasteiger partial charge is 0.478 e. The maximum atomic E-state index is 10.8. The van der Waals surface area contributed by atoms with Gasteiger partial charge in [0.2, 0.25) is 5.95 Å². The number of nitrogens with zero attached hydrogens (tertiary/aromatic N) is 3. The van der Waals surface area contributed by atoms with Crippen molar-refractivity contribution in [1.82, 2.24) is 19.7 Å². The summed E-state index contributed by atoms with van der Waals surface area (Å²) in [5.74, 6) is -0.685. The average molecular weight is 297 g/mol. The maximum absolute atomic E-state index is 10.8. The summed E-state index contributed by atoms with van der Waals surface area (Å²) in [6.45, 7) is 0. The lowest BCUT2D eigenvalue weighted by molar-refractivity contribution is 0.0697. The third kappa shape index (κ3) is 2.05. The Morgan fingerprint density at radius 3 is 2.84 bits per heavy atom. The number of carbonyl (C=O) groups is 1. The van der Waals surface area contributed by atoms with Crippen LogP contribution in [0.4, 0.5) is 0 Å². The molecule has 0 fully saturated rings. The molecule has 0 atom stereocenters. The van der Waals surface area contributed by atoms with Crippen LogP contribution in [0.25, 0.3) is 17.0 Å². The van der Waals surface area contributed by atoms with Gasteiger partial charge in [0.25, 0.3) is 0 Å². The van der Waals surface area contributed by atoms with Gasteiger partial charge in [0.15, 0.2) is 0 Å². The summed E-state index contributed by atoms with van der Waals surface area (Å²) in [6.07, 6.45) is 2.60. The van der Waals surface area contributed by atoms with Crippen LogP contribution in [0.15, 0.2) is 24.5 Å². The molecule has 0 saturated heterocycles. The second-order valence-corrected chi connectivity index (χ2v) is 4.67. The van der Waals surface area contributed by atoms with E-state index in [1.54, 1.807) is 12.1 Å². The van der Waals surface area contributed by atoms with Crippen molar-refractivity contribution in [2.45, 2.75) is 0 Å². The van der Waals surface area contributed by atoms with Crippen LogP contribution in [0, 0.1) is 0 Å². The van der Waals surface area contributed by atoms with Crippen LogP contribution in [-0.2, 0) is 0 Å². The number of hydrogen-bond acceptors (Lipinski definition) is 3. The van der Waals surface area contributed by atoms with Crippen LogP contribution >= 0.6 is 23.2 Å². The number of carboxylic acids is 1. The van der Waals surface area contributed by atoms with E-state index < -0.39 is 5.97 Å². The summed E-state index contributed by atoms with van der Waals surface area (Å²) in [5, 5.41) is 13.7. The Labute approximate surface area is 116 Å². The fourth-order valence-electron chi connectivity index (χ4n) is 1.69. The first-order valence-corrected chi connectivity index (χ1v) is 5.93. The molecule has 0 aliphatic heterocycles. The molecule has 0 amide bonds. The van der Waals surface area contributed by atoms with Gasteiger partial charge in [-0.2, -0.15) is 5.10 Å². The van der Waals surface area contributed by atoms with Gasteiger partial charge in [-0.3, -0.25) is 0 Å². The number of aromatic carboxylic acids is 1. The first-order chi connectivity index (χ1) is 9.04. The highest BCUT2D eigenvalue weighted by Crippen LogP contribution is 2.26. The number of imidazole rings is 1. The first kappa shape index (κ1) is 12.0. The van der Waals surface area contributed by atoms with Crippen molar-refractivity contribution >= 4 is 40.2 Å². The number of nitrogens with one attached hydrogen (secondary N) is 1. The van der Waals surface area contributed by atoms with Gasteiger partial charge < -0.3 is 10.1 Å². The zero-order valence-corrected chi connectivity index (χ0v) is 10.8. The Bertz CT molecular complexity index is 793. The molecule has 2 N–H and O–H groups in total. The van der Waals surface area contributed by atoms with E-state index in [0.717, 1.165) is 0 Å². The van der Waals surface area contributed by atoms with E-state index in [1.165, 1.54) is 17.1 Å². The molecule has 0 bridgehead atoms. The normalized spacial score (nSPS) is 11.1. The molecule has 2 heterocycles. The Hall–Kier alpha value is -2.05. The van der Waals surface area contributed by atoms with E-state index in [4.69, 9.17) is 28.3 Å². The minimum Gasteiger partial charge on any atom is -0.478 e. The van der Waals surface area contributed by atoms with Gasteiger partial charge in [0.05, 0.1) is 22.3 Å². The smallest absolute Gasteiger partial charge is 0.338 e. The molecule has 8 heteroatoms. The molecule has 0 aliphatic rings. The quantitative estimate of drug-likeness (QED) is 0.761. The Kier molecular flexibility index (Phi) is 2.69. The van der Waals surface area contributed by atoms with E-state index in [9.17, 15) is 4.79 Å². The van der Waals surface area contributed by atoms with Gasteiger partial charge >= 0.3 is 5.97 Å². The summed E-state index contributed by atoms with van der Waals surface area (Å²) in [7, 11) is 0. The van der Waals surface area contributed by atoms with Gasteiger partial charge in [-0.25, -0.2) is 14.5 Å². The zero-order valence-electron chi connectivity index (χ0n) is 9.26. The number of H-pyrrole nitrogens is 1. The number of carboxylic acid groups (broad SMARTS) is 1. The summed E-state index contributed by atoms with van der Waals surface area (Å²) in [4.78, 5) is 18.0. The molecule has 1 aromatic carbocycles. The van der Waals surface area contributed by atoms with E-state index in [1.807, 2.05) is 0 Å². The van der Waals surface area contributed by atoms with Crippen LogP contribution < -0.4 is 0 Å². The number of rotatable bonds is 2. The van der Waals surface area contributed by atoms with Crippen molar-refractivity contribution in [3.05, 3.63) is 40.1 Å². The highest BCUT2D eigenvalue weighted by atomic mass is 35.5. The number of aromatic amines is 1. The summed E-state index contributed by atoms with van der Waals surface area (Å²) in [6, 6.07) is 3.27. The predicted octanol–water partition coefficient (Wildman–Crippen LogP) is 2.75. The van der Waals surface area contributed by atoms with Crippen molar-refractivity contribution in [2.75, 3.05) is 0 Å².